The first-order valence-electron chi connectivity index (χ1n) is 9.71. The van der Waals surface area contributed by atoms with Crippen LogP contribution >= 0.6 is 0 Å². The second-order valence-corrected chi connectivity index (χ2v) is 7.32. The van der Waals surface area contributed by atoms with Crippen molar-refractivity contribution in [3.8, 4) is 5.75 Å². The van der Waals surface area contributed by atoms with Crippen LogP contribution in [0, 0.1) is 13.8 Å². The van der Waals surface area contributed by atoms with Crippen molar-refractivity contribution < 1.29 is 13.9 Å². The fraction of sp³-hybridized carbons (Fsp3) is 0.304. The Hall–Kier alpha value is -3.28. The van der Waals surface area contributed by atoms with Crippen LogP contribution in [-0.4, -0.2) is 44.1 Å². The van der Waals surface area contributed by atoms with E-state index in [4.69, 9.17) is 9.15 Å². The number of aryl methyl sites for hydroxylation is 1. The lowest BCUT2D eigenvalue weighted by Gasteiger charge is -2.37. The number of carbonyl (C=O) groups excluding carboxylic acids is 1. The topological polar surface area (TPSA) is 63.0 Å². The van der Waals surface area contributed by atoms with E-state index in [0.717, 1.165) is 13.1 Å². The summed E-state index contributed by atoms with van der Waals surface area (Å²) in [5.41, 5.74) is 3.50. The van der Waals surface area contributed by atoms with Gasteiger partial charge >= 0.3 is 5.63 Å². The van der Waals surface area contributed by atoms with E-state index in [2.05, 4.69) is 36.9 Å². The summed E-state index contributed by atoms with van der Waals surface area (Å²) < 4.78 is 10.6. The van der Waals surface area contributed by atoms with E-state index >= 15 is 0 Å². The summed E-state index contributed by atoms with van der Waals surface area (Å²) in [6.45, 7) is 6.79. The van der Waals surface area contributed by atoms with Gasteiger partial charge in [-0.25, -0.2) is 4.79 Å². The molecule has 0 bridgehead atoms. The first-order valence-corrected chi connectivity index (χ1v) is 9.71. The molecule has 6 nitrogen and oxygen atoms in total. The van der Waals surface area contributed by atoms with Gasteiger partial charge in [0.2, 0.25) is 0 Å². The third-order valence-electron chi connectivity index (χ3n) is 5.66. The lowest BCUT2D eigenvalue weighted by molar-refractivity contribution is 0.0742. The van der Waals surface area contributed by atoms with Gasteiger partial charge in [0.1, 0.15) is 5.56 Å². The fourth-order valence-electron chi connectivity index (χ4n) is 3.83. The minimum absolute atomic E-state index is 0.0611. The van der Waals surface area contributed by atoms with Gasteiger partial charge in [-0.05, 0) is 43.2 Å². The molecule has 1 fully saturated rings. The molecule has 0 atom stereocenters. The number of fused-ring (bicyclic) bond motifs is 1. The van der Waals surface area contributed by atoms with Gasteiger partial charge in [-0.1, -0.05) is 24.3 Å². The van der Waals surface area contributed by atoms with Gasteiger partial charge in [0, 0.05) is 37.3 Å². The molecule has 1 aliphatic rings. The summed E-state index contributed by atoms with van der Waals surface area (Å²) in [6.07, 6.45) is 0. The van der Waals surface area contributed by atoms with Gasteiger partial charge in [0.15, 0.2) is 11.3 Å². The van der Waals surface area contributed by atoms with Crippen molar-refractivity contribution in [3.05, 3.63) is 69.6 Å². The molecule has 1 aromatic heterocycles. The molecule has 6 heteroatoms. The molecule has 2 heterocycles. The van der Waals surface area contributed by atoms with Crippen molar-refractivity contribution in [1.29, 1.82) is 0 Å². The zero-order chi connectivity index (χ0) is 20.5. The fourth-order valence-corrected chi connectivity index (χ4v) is 3.83. The number of rotatable bonds is 3. The Morgan fingerprint density at radius 3 is 2.48 bits per heavy atom. The number of para-hydroxylation sites is 1. The highest BCUT2D eigenvalue weighted by molar-refractivity contribution is 5.97. The van der Waals surface area contributed by atoms with Crippen molar-refractivity contribution in [1.82, 2.24) is 4.90 Å². The van der Waals surface area contributed by atoms with Crippen LogP contribution in [0.5, 0.6) is 5.75 Å². The molecule has 150 valence electrons. The highest BCUT2D eigenvalue weighted by Gasteiger charge is 2.26. The third-order valence-corrected chi connectivity index (χ3v) is 5.66. The Bertz CT molecular complexity index is 1130. The van der Waals surface area contributed by atoms with Gasteiger partial charge in [-0.2, -0.15) is 0 Å². The average molecular weight is 392 g/mol. The van der Waals surface area contributed by atoms with Crippen molar-refractivity contribution in [2.24, 2.45) is 0 Å². The van der Waals surface area contributed by atoms with E-state index in [1.54, 1.807) is 29.2 Å². The summed E-state index contributed by atoms with van der Waals surface area (Å²) >= 11 is 0. The lowest BCUT2D eigenvalue weighted by Crippen LogP contribution is -2.49. The first-order chi connectivity index (χ1) is 14.0. The first kappa shape index (κ1) is 19.1. The van der Waals surface area contributed by atoms with Crippen LogP contribution in [0.4, 0.5) is 5.69 Å². The molecule has 3 aromatic rings. The highest BCUT2D eigenvalue weighted by atomic mass is 16.5. The van der Waals surface area contributed by atoms with E-state index in [1.807, 2.05) is 0 Å². The maximum Gasteiger partial charge on any atom is 0.349 e. The third kappa shape index (κ3) is 3.46. The second kappa shape index (κ2) is 7.62. The number of carbonyl (C=O) groups is 1. The van der Waals surface area contributed by atoms with Gasteiger partial charge < -0.3 is 19.0 Å². The minimum Gasteiger partial charge on any atom is -0.493 e. The summed E-state index contributed by atoms with van der Waals surface area (Å²) in [5, 5.41) is 0.668. The molecule has 0 N–H and O–H groups in total. The van der Waals surface area contributed by atoms with Crippen LogP contribution < -0.4 is 15.3 Å². The molecular weight excluding hydrogens is 368 g/mol. The summed E-state index contributed by atoms with van der Waals surface area (Å²) in [5.74, 6) is 0.185. The number of hydrogen-bond donors (Lipinski definition) is 0. The van der Waals surface area contributed by atoms with Gasteiger partial charge in [-0.3, -0.25) is 4.79 Å². The Morgan fingerprint density at radius 2 is 1.76 bits per heavy atom. The van der Waals surface area contributed by atoms with Crippen molar-refractivity contribution >= 4 is 22.6 Å². The van der Waals surface area contributed by atoms with Crippen molar-refractivity contribution in [3.63, 3.8) is 0 Å². The van der Waals surface area contributed by atoms with E-state index in [0.29, 0.717) is 29.8 Å². The molecule has 0 spiro atoms. The molecule has 0 radical (unpaired) electrons. The lowest BCUT2D eigenvalue weighted by atomic mass is 10.1. The number of amides is 1. The Balaban J connectivity index is 1.55. The predicted molar refractivity (Wildman–Crippen MR) is 113 cm³/mol. The average Bonchev–Trinajstić information content (AvgIpc) is 2.74. The molecular formula is C23H24N2O4. The monoisotopic (exact) mass is 392 g/mol. The van der Waals surface area contributed by atoms with Crippen molar-refractivity contribution in [2.75, 3.05) is 38.2 Å². The van der Waals surface area contributed by atoms with Crippen LogP contribution in [0.15, 0.2) is 51.7 Å². The van der Waals surface area contributed by atoms with Gasteiger partial charge in [0.25, 0.3) is 5.91 Å². The normalized spacial score (nSPS) is 14.3. The predicted octanol–water partition coefficient (Wildman–Crippen LogP) is 3.38. The molecule has 1 aliphatic heterocycles. The molecule has 29 heavy (non-hydrogen) atoms. The number of nitrogens with zero attached hydrogens (tertiary/aromatic N) is 2. The Labute approximate surface area is 169 Å². The van der Waals surface area contributed by atoms with E-state index in [-0.39, 0.29) is 11.5 Å². The van der Waals surface area contributed by atoms with Gasteiger partial charge in [0.05, 0.1) is 7.11 Å². The highest BCUT2D eigenvalue weighted by Crippen LogP contribution is 2.26. The second-order valence-electron chi connectivity index (χ2n) is 7.32. The Kier molecular flexibility index (Phi) is 5.01. The van der Waals surface area contributed by atoms with Crippen molar-refractivity contribution in [2.45, 2.75) is 13.8 Å². The smallest absolute Gasteiger partial charge is 0.349 e. The molecule has 4 rings (SSSR count). The number of methoxy groups -OCH3 is 1. The maximum absolute atomic E-state index is 13.0. The largest absolute Gasteiger partial charge is 0.493 e. The number of anilines is 1. The van der Waals surface area contributed by atoms with Crippen LogP contribution in [0.2, 0.25) is 0 Å². The molecule has 1 saturated heterocycles. The number of benzene rings is 2. The molecule has 0 aliphatic carbocycles. The number of piperazine rings is 1. The zero-order valence-corrected chi connectivity index (χ0v) is 16.9. The van der Waals surface area contributed by atoms with E-state index in [9.17, 15) is 9.59 Å². The van der Waals surface area contributed by atoms with Gasteiger partial charge in [-0.15, -0.1) is 0 Å². The summed E-state index contributed by atoms with van der Waals surface area (Å²) in [4.78, 5) is 29.5. The molecule has 0 saturated carbocycles. The molecule has 2 aromatic carbocycles. The van der Waals surface area contributed by atoms with E-state index in [1.165, 1.54) is 23.9 Å². The number of hydrogen-bond acceptors (Lipinski definition) is 5. The standard InChI is InChI=1S/C23H24N2O4/c1-15-6-4-8-19(16(15)2)24-10-12-25(13-11-24)22(26)18-14-17-7-5-9-20(28-3)21(17)29-23(18)27/h4-9,14H,10-13H2,1-3H3. The minimum atomic E-state index is -0.635. The SMILES string of the molecule is COc1cccc2cc(C(=O)N3CCN(c4cccc(C)c4C)CC3)c(=O)oc12. The Morgan fingerprint density at radius 1 is 1.03 bits per heavy atom. The van der Waals surface area contributed by atoms with Crippen LogP contribution in [0.25, 0.3) is 11.0 Å². The summed E-state index contributed by atoms with van der Waals surface area (Å²) in [6, 6.07) is 13.2. The summed E-state index contributed by atoms with van der Waals surface area (Å²) in [7, 11) is 1.52. The molecule has 0 unspecified atom stereocenters. The number of ether oxygens (including phenoxy) is 1. The maximum atomic E-state index is 13.0. The van der Waals surface area contributed by atoms with Crippen LogP contribution in [0.1, 0.15) is 21.5 Å². The van der Waals surface area contributed by atoms with Crippen LogP contribution in [0.3, 0.4) is 0 Å². The van der Waals surface area contributed by atoms with Crippen LogP contribution in [-0.2, 0) is 0 Å². The molecule has 1 amide bonds. The quantitative estimate of drug-likeness (QED) is 0.640. The van der Waals surface area contributed by atoms with E-state index < -0.39 is 5.63 Å². The zero-order valence-electron chi connectivity index (χ0n) is 16.9.